The number of aryl methyl sites for hydroxylation is 2. The van der Waals surface area contributed by atoms with E-state index >= 15 is 0 Å². The van der Waals surface area contributed by atoms with Gasteiger partial charge in [0.1, 0.15) is 0 Å². The van der Waals surface area contributed by atoms with Gasteiger partial charge in [0.2, 0.25) is 5.76 Å². The van der Waals surface area contributed by atoms with Crippen molar-refractivity contribution in [3.05, 3.63) is 65.4 Å². The Morgan fingerprint density at radius 1 is 1.20 bits per heavy atom. The van der Waals surface area contributed by atoms with Crippen LogP contribution < -0.4 is 0 Å². The van der Waals surface area contributed by atoms with Gasteiger partial charge >= 0.3 is 0 Å². The van der Waals surface area contributed by atoms with Crippen molar-refractivity contribution < 1.29 is 13.9 Å². The average Bonchev–Trinajstić information content (AvgIpc) is 2.91. The third-order valence-corrected chi connectivity index (χ3v) is 4.59. The van der Waals surface area contributed by atoms with Crippen LogP contribution in [0.15, 0.2) is 46.9 Å². The Labute approximate surface area is 146 Å². The van der Waals surface area contributed by atoms with Crippen LogP contribution in [-0.2, 0) is 11.3 Å². The number of likely N-dealkylation sites (tertiary alicyclic amines) is 1. The highest BCUT2D eigenvalue weighted by atomic mass is 16.5. The highest BCUT2D eigenvalue weighted by Gasteiger charge is 2.34. The molecule has 0 unspecified atom stereocenters. The number of carbonyl (C=O) groups excluding carboxylic acids is 1. The second kappa shape index (κ2) is 6.33. The van der Waals surface area contributed by atoms with Crippen LogP contribution in [-0.4, -0.2) is 35.0 Å². The summed E-state index contributed by atoms with van der Waals surface area (Å²) in [6.45, 7) is 5.26. The van der Waals surface area contributed by atoms with E-state index < -0.39 is 0 Å². The molecule has 25 heavy (non-hydrogen) atoms. The van der Waals surface area contributed by atoms with Gasteiger partial charge < -0.3 is 14.1 Å². The second-order valence-corrected chi connectivity index (χ2v) is 6.43. The quantitative estimate of drug-likeness (QED) is 0.732. The first-order chi connectivity index (χ1) is 12.1. The van der Waals surface area contributed by atoms with Crippen LogP contribution in [0.25, 0.3) is 10.8 Å². The minimum atomic E-state index is -0.108. The van der Waals surface area contributed by atoms with E-state index in [2.05, 4.69) is 29.2 Å². The largest absolute Gasteiger partial charge is 0.436 e. The van der Waals surface area contributed by atoms with Crippen molar-refractivity contribution in [1.29, 1.82) is 0 Å². The Balaban J connectivity index is 1.36. The maximum absolute atomic E-state index is 12.4. The molecule has 2 heterocycles. The number of benzene rings is 2. The summed E-state index contributed by atoms with van der Waals surface area (Å²) in [6.07, 6.45) is 0.0623. The van der Waals surface area contributed by atoms with E-state index in [0.717, 1.165) is 0 Å². The predicted octanol–water partition coefficient (Wildman–Crippen LogP) is 3.49. The van der Waals surface area contributed by atoms with Crippen molar-refractivity contribution in [3.63, 3.8) is 0 Å². The highest BCUT2D eigenvalue weighted by Crippen LogP contribution is 2.23. The predicted molar refractivity (Wildman–Crippen MR) is 94.4 cm³/mol. The second-order valence-electron chi connectivity index (χ2n) is 6.43. The van der Waals surface area contributed by atoms with Crippen LogP contribution in [0.4, 0.5) is 0 Å². The lowest BCUT2D eigenvalue weighted by atomic mass is 10.1. The lowest BCUT2D eigenvalue weighted by Crippen LogP contribution is -2.54. The Morgan fingerprint density at radius 3 is 2.72 bits per heavy atom. The number of carbonyl (C=O) groups is 1. The Hall–Kier alpha value is -2.66. The van der Waals surface area contributed by atoms with Crippen LogP contribution in [0.1, 0.15) is 27.7 Å². The summed E-state index contributed by atoms with van der Waals surface area (Å²) in [5.41, 5.74) is 1.81. The molecule has 1 amide bonds. The summed E-state index contributed by atoms with van der Waals surface area (Å²) in [6, 6.07) is 14.5. The molecule has 1 aliphatic heterocycles. The van der Waals surface area contributed by atoms with Crippen molar-refractivity contribution >= 4 is 16.7 Å². The van der Waals surface area contributed by atoms with Gasteiger partial charge in [-0.05, 0) is 23.3 Å². The van der Waals surface area contributed by atoms with Gasteiger partial charge in [-0.15, -0.1) is 0 Å². The molecule has 0 bridgehead atoms. The van der Waals surface area contributed by atoms with Crippen LogP contribution >= 0.6 is 0 Å². The molecule has 1 aliphatic rings. The standard InChI is InChI=1S/C20H20N2O3/c1-13-19(25-14(2)21-13)20(23)22-10-17(11-22)24-12-16-8-5-7-15-6-3-4-9-18(15)16/h3-9,17H,10-12H2,1-2H3. The number of oxazole rings is 1. The molecular weight excluding hydrogens is 316 g/mol. The van der Waals surface area contributed by atoms with E-state index in [9.17, 15) is 4.79 Å². The molecule has 5 heteroatoms. The van der Waals surface area contributed by atoms with Gasteiger partial charge in [0.05, 0.1) is 18.4 Å². The van der Waals surface area contributed by atoms with Gasteiger partial charge in [-0.3, -0.25) is 4.79 Å². The number of nitrogens with zero attached hydrogens (tertiary/aromatic N) is 2. The fourth-order valence-corrected chi connectivity index (χ4v) is 3.21. The molecular formula is C20H20N2O3. The van der Waals surface area contributed by atoms with E-state index in [0.29, 0.717) is 37.0 Å². The van der Waals surface area contributed by atoms with Gasteiger partial charge in [-0.25, -0.2) is 4.98 Å². The van der Waals surface area contributed by atoms with Crippen LogP contribution in [0, 0.1) is 13.8 Å². The third kappa shape index (κ3) is 3.03. The zero-order valence-electron chi connectivity index (χ0n) is 14.4. The molecule has 0 saturated carbocycles. The zero-order valence-corrected chi connectivity index (χ0v) is 14.4. The lowest BCUT2D eigenvalue weighted by molar-refractivity contribution is -0.0509. The summed E-state index contributed by atoms with van der Waals surface area (Å²) >= 11 is 0. The first-order valence-electron chi connectivity index (χ1n) is 8.43. The van der Waals surface area contributed by atoms with Crippen molar-refractivity contribution in [3.8, 4) is 0 Å². The number of ether oxygens (including phenoxy) is 1. The normalized spacial score (nSPS) is 14.7. The minimum Gasteiger partial charge on any atom is -0.436 e. The summed E-state index contributed by atoms with van der Waals surface area (Å²) in [7, 11) is 0. The summed E-state index contributed by atoms with van der Waals surface area (Å²) in [5, 5.41) is 2.43. The monoisotopic (exact) mass is 336 g/mol. The average molecular weight is 336 g/mol. The molecule has 1 aromatic heterocycles. The number of aromatic nitrogens is 1. The Kier molecular flexibility index (Phi) is 4.01. The smallest absolute Gasteiger partial charge is 0.291 e. The zero-order chi connectivity index (χ0) is 17.4. The SMILES string of the molecule is Cc1nc(C)c(C(=O)N2CC(OCc3cccc4ccccc34)C2)o1. The van der Waals surface area contributed by atoms with Crippen molar-refractivity contribution in [2.75, 3.05) is 13.1 Å². The number of hydrogen-bond donors (Lipinski definition) is 0. The lowest BCUT2D eigenvalue weighted by Gasteiger charge is -2.38. The number of fused-ring (bicyclic) bond motifs is 1. The highest BCUT2D eigenvalue weighted by molar-refractivity contribution is 5.93. The van der Waals surface area contributed by atoms with Crippen LogP contribution in [0.3, 0.4) is 0 Å². The Bertz CT molecular complexity index is 920. The van der Waals surface area contributed by atoms with E-state index in [1.54, 1.807) is 18.7 Å². The third-order valence-electron chi connectivity index (χ3n) is 4.59. The van der Waals surface area contributed by atoms with Gasteiger partial charge in [0.15, 0.2) is 5.89 Å². The van der Waals surface area contributed by atoms with Gasteiger partial charge in [0, 0.05) is 20.0 Å². The molecule has 5 nitrogen and oxygen atoms in total. The maximum atomic E-state index is 12.4. The molecule has 0 N–H and O–H groups in total. The summed E-state index contributed by atoms with van der Waals surface area (Å²) in [4.78, 5) is 18.3. The van der Waals surface area contributed by atoms with Crippen LogP contribution in [0.2, 0.25) is 0 Å². The molecule has 0 aliphatic carbocycles. The van der Waals surface area contributed by atoms with Gasteiger partial charge in [-0.1, -0.05) is 42.5 Å². The molecule has 4 rings (SSSR count). The maximum Gasteiger partial charge on any atom is 0.291 e. The molecule has 128 valence electrons. The number of hydrogen-bond acceptors (Lipinski definition) is 4. The van der Waals surface area contributed by atoms with E-state index in [-0.39, 0.29) is 12.0 Å². The fraction of sp³-hybridized carbons (Fsp3) is 0.300. The molecule has 1 saturated heterocycles. The molecule has 0 spiro atoms. The van der Waals surface area contributed by atoms with Crippen molar-refractivity contribution in [2.45, 2.75) is 26.6 Å². The van der Waals surface area contributed by atoms with Gasteiger partial charge in [0.25, 0.3) is 5.91 Å². The topological polar surface area (TPSA) is 55.6 Å². The van der Waals surface area contributed by atoms with Gasteiger partial charge in [-0.2, -0.15) is 0 Å². The summed E-state index contributed by atoms with van der Waals surface area (Å²) < 4.78 is 11.4. The first kappa shape index (κ1) is 15.8. The first-order valence-corrected chi connectivity index (χ1v) is 8.43. The fourth-order valence-electron chi connectivity index (χ4n) is 3.21. The Morgan fingerprint density at radius 2 is 1.96 bits per heavy atom. The van der Waals surface area contributed by atoms with E-state index in [1.807, 2.05) is 18.2 Å². The van der Waals surface area contributed by atoms with Crippen molar-refractivity contribution in [2.24, 2.45) is 0 Å². The van der Waals surface area contributed by atoms with Crippen molar-refractivity contribution in [1.82, 2.24) is 9.88 Å². The van der Waals surface area contributed by atoms with Crippen LogP contribution in [0.5, 0.6) is 0 Å². The van der Waals surface area contributed by atoms with E-state index in [4.69, 9.17) is 9.15 Å². The molecule has 0 radical (unpaired) electrons. The van der Waals surface area contributed by atoms with E-state index in [1.165, 1.54) is 16.3 Å². The molecule has 0 atom stereocenters. The molecule has 1 fully saturated rings. The number of amides is 1. The summed E-state index contributed by atoms with van der Waals surface area (Å²) in [5.74, 6) is 0.748. The molecule has 3 aromatic rings. The minimum absolute atomic E-state index is 0.0623. The molecule has 2 aromatic carbocycles. The number of rotatable bonds is 4.